The second-order valence-electron chi connectivity index (χ2n) is 3.40. The van der Waals surface area contributed by atoms with Gasteiger partial charge in [-0.1, -0.05) is 18.2 Å². The Kier molecular flexibility index (Phi) is 3.35. The van der Waals surface area contributed by atoms with Gasteiger partial charge in [0.05, 0.1) is 5.56 Å². The molecule has 80 valence electrons. The van der Waals surface area contributed by atoms with E-state index in [1.54, 1.807) is 6.07 Å². The highest BCUT2D eigenvalue weighted by molar-refractivity contribution is 5.30. The minimum Gasteiger partial charge on any atom is -0.202 e. The first-order valence-corrected chi connectivity index (χ1v) is 4.50. The minimum absolute atomic E-state index is 0.377. The van der Waals surface area contributed by atoms with E-state index in [-0.39, 0.29) is 0 Å². The lowest BCUT2D eigenvalue weighted by Crippen LogP contribution is -2.04. The molecule has 0 N–H and O–H groups in total. The zero-order chi connectivity index (χ0) is 11.5. The van der Waals surface area contributed by atoms with Crippen molar-refractivity contribution in [3.8, 4) is 6.57 Å². The molecular formula is C11H10F3N. The Morgan fingerprint density at radius 1 is 1.20 bits per heavy atom. The zero-order valence-corrected chi connectivity index (χ0v) is 7.96. The predicted octanol–water partition coefficient (Wildman–Crippen LogP) is 3.72. The van der Waals surface area contributed by atoms with Gasteiger partial charge in [0.2, 0.25) is 0 Å². The second kappa shape index (κ2) is 4.35. The summed E-state index contributed by atoms with van der Waals surface area (Å²) in [5.41, 5.74) is 0.298. The molecule has 0 bridgehead atoms. The van der Waals surface area contributed by atoms with E-state index < -0.39 is 11.7 Å². The number of nitrogens with zero attached hydrogens (tertiary/aromatic N) is 1. The van der Waals surface area contributed by atoms with E-state index in [2.05, 4.69) is 6.57 Å². The van der Waals surface area contributed by atoms with Crippen LogP contribution in [0.4, 0.5) is 13.2 Å². The number of hydrogen-bond donors (Lipinski definition) is 0. The number of halogens is 3. The molecule has 15 heavy (non-hydrogen) atoms. The molecule has 0 aliphatic heterocycles. The molecule has 0 amide bonds. The summed E-state index contributed by atoms with van der Waals surface area (Å²) in [6, 6.07) is 5.63. The maximum Gasteiger partial charge on any atom is 0.416 e. The van der Waals surface area contributed by atoms with Crippen LogP contribution in [0.5, 0.6) is 0 Å². The lowest BCUT2D eigenvalue weighted by atomic mass is 10.1. The standard InChI is InChI=1S/C10H9F3.CHN/c11-10(12,13)9-3-1-2-8(6-9)7-4-5-7;1-2/h1-3,6-7H,4-5H2;1H. The molecule has 0 unspecified atom stereocenters. The van der Waals surface area contributed by atoms with E-state index in [4.69, 9.17) is 5.26 Å². The van der Waals surface area contributed by atoms with E-state index >= 15 is 0 Å². The van der Waals surface area contributed by atoms with Gasteiger partial charge in [0.25, 0.3) is 0 Å². The predicted molar refractivity (Wildman–Crippen MR) is 50.1 cm³/mol. The highest BCUT2D eigenvalue weighted by Crippen LogP contribution is 2.41. The fourth-order valence-electron chi connectivity index (χ4n) is 1.39. The van der Waals surface area contributed by atoms with Crippen LogP contribution in [0.3, 0.4) is 0 Å². The number of benzene rings is 1. The van der Waals surface area contributed by atoms with Crippen LogP contribution in [0, 0.1) is 11.8 Å². The van der Waals surface area contributed by atoms with Gasteiger partial charge in [0.15, 0.2) is 0 Å². The molecule has 0 radical (unpaired) electrons. The molecule has 1 aliphatic rings. The summed E-state index contributed by atoms with van der Waals surface area (Å²) in [5.74, 6) is 0.377. The van der Waals surface area contributed by atoms with Crippen molar-refractivity contribution < 1.29 is 13.2 Å². The normalized spacial score (nSPS) is 15.3. The SMILES string of the molecule is C#N.FC(F)(F)c1cccc(C2CC2)c1. The van der Waals surface area contributed by atoms with E-state index in [9.17, 15) is 13.2 Å². The van der Waals surface area contributed by atoms with Gasteiger partial charge in [-0.15, -0.1) is 0 Å². The van der Waals surface area contributed by atoms with Gasteiger partial charge in [-0.2, -0.15) is 13.2 Å². The van der Waals surface area contributed by atoms with Crippen molar-refractivity contribution in [1.82, 2.24) is 0 Å². The Labute approximate surface area is 86.1 Å². The third-order valence-electron chi connectivity index (χ3n) is 2.26. The van der Waals surface area contributed by atoms with Gasteiger partial charge in [-0.25, -0.2) is 5.26 Å². The fourth-order valence-corrected chi connectivity index (χ4v) is 1.39. The highest BCUT2D eigenvalue weighted by Gasteiger charge is 2.32. The number of rotatable bonds is 1. The maximum absolute atomic E-state index is 12.3. The molecule has 1 aliphatic carbocycles. The second-order valence-corrected chi connectivity index (χ2v) is 3.40. The van der Waals surface area contributed by atoms with Gasteiger partial charge in [0, 0.05) is 6.57 Å². The Morgan fingerprint density at radius 2 is 1.80 bits per heavy atom. The van der Waals surface area contributed by atoms with E-state index in [1.807, 2.05) is 0 Å². The molecule has 2 rings (SSSR count). The monoisotopic (exact) mass is 213 g/mol. The molecule has 0 saturated heterocycles. The minimum atomic E-state index is -4.20. The smallest absolute Gasteiger partial charge is 0.202 e. The van der Waals surface area contributed by atoms with Crippen LogP contribution in [-0.4, -0.2) is 0 Å². The van der Waals surface area contributed by atoms with Crippen molar-refractivity contribution >= 4 is 0 Å². The van der Waals surface area contributed by atoms with Gasteiger partial charge in [-0.05, 0) is 30.4 Å². The molecule has 0 spiro atoms. The van der Waals surface area contributed by atoms with Gasteiger partial charge in [0.1, 0.15) is 0 Å². The number of alkyl halides is 3. The van der Waals surface area contributed by atoms with Crippen LogP contribution >= 0.6 is 0 Å². The first kappa shape index (κ1) is 11.6. The fraction of sp³-hybridized carbons (Fsp3) is 0.364. The van der Waals surface area contributed by atoms with Crippen LogP contribution < -0.4 is 0 Å². The van der Waals surface area contributed by atoms with Crippen LogP contribution in [0.15, 0.2) is 24.3 Å². The summed E-state index contributed by atoms with van der Waals surface area (Å²) < 4.78 is 36.8. The zero-order valence-electron chi connectivity index (χ0n) is 7.96. The third kappa shape index (κ3) is 2.98. The molecule has 0 aromatic heterocycles. The van der Waals surface area contributed by atoms with Crippen molar-refractivity contribution in [3.05, 3.63) is 35.4 Å². The molecular weight excluding hydrogens is 203 g/mol. The molecule has 0 atom stereocenters. The van der Waals surface area contributed by atoms with Crippen molar-refractivity contribution in [2.24, 2.45) is 0 Å². The Hall–Kier alpha value is -1.50. The summed E-state index contributed by atoms with van der Waals surface area (Å²) in [5, 5.41) is 6.50. The summed E-state index contributed by atoms with van der Waals surface area (Å²) in [6.07, 6.45) is -2.15. The van der Waals surface area contributed by atoms with Crippen molar-refractivity contribution in [2.45, 2.75) is 24.9 Å². The lowest BCUT2D eigenvalue weighted by molar-refractivity contribution is -0.137. The van der Waals surface area contributed by atoms with Crippen molar-refractivity contribution in [3.63, 3.8) is 0 Å². The summed E-state index contributed by atoms with van der Waals surface area (Å²) in [6.45, 7) is 3.50. The van der Waals surface area contributed by atoms with Gasteiger partial charge in [-0.3, -0.25) is 0 Å². The number of hydrogen-bond acceptors (Lipinski definition) is 1. The Morgan fingerprint density at radius 3 is 2.27 bits per heavy atom. The molecule has 4 heteroatoms. The third-order valence-corrected chi connectivity index (χ3v) is 2.26. The molecule has 1 aromatic carbocycles. The molecule has 1 nitrogen and oxygen atoms in total. The largest absolute Gasteiger partial charge is 0.416 e. The van der Waals surface area contributed by atoms with E-state index in [1.165, 1.54) is 12.1 Å². The number of nitriles is 1. The van der Waals surface area contributed by atoms with Crippen LogP contribution in [0.2, 0.25) is 0 Å². The Balaban J connectivity index is 0.000000531. The van der Waals surface area contributed by atoms with Gasteiger partial charge >= 0.3 is 6.18 Å². The van der Waals surface area contributed by atoms with E-state index in [0.29, 0.717) is 5.92 Å². The molecule has 1 fully saturated rings. The topological polar surface area (TPSA) is 23.8 Å². The summed E-state index contributed by atoms with van der Waals surface area (Å²) >= 11 is 0. The quantitative estimate of drug-likeness (QED) is 0.697. The molecule has 1 aromatic rings. The van der Waals surface area contributed by atoms with Crippen LogP contribution in [0.1, 0.15) is 29.9 Å². The highest BCUT2D eigenvalue weighted by atomic mass is 19.4. The first-order chi connectivity index (χ1) is 7.07. The lowest BCUT2D eigenvalue weighted by Gasteiger charge is -2.07. The van der Waals surface area contributed by atoms with Crippen molar-refractivity contribution in [1.29, 1.82) is 5.26 Å². The molecule has 0 heterocycles. The maximum atomic E-state index is 12.3. The average molecular weight is 213 g/mol. The summed E-state index contributed by atoms with van der Waals surface area (Å²) in [4.78, 5) is 0. The van der Waals surface area contributed by atoms with Gasteiger partial charge < -0.3 is 0 Å². The van der Waals surface area contributed by atoms with Crippen molar-refractivity contribution in [2.75, 3.05) is 0 Å². The summed E-state index contributed by atoms with van der Waals surface area (Å²) in [7, 11) is 0. The van der Waals surface area contributed by atoms with Crippen LogP contribution in [-0.2, 0) is 6.18 Å². The van der Waals surface area contributed by atoms with Crippen LogP contribution in [0.25, 0.3) is 0 Å². The average Bonchev–Trinajstić information content (AvgIpc) is 3.03. The Bertz CT molecular complexity index is 350. The first-order valence-electron chi connectivity index (χ1n) is 4.50. The van der Waals surface area contributed by atoms with E-state index in [0.717, 1.165) is 24.5 Å². The molecule has 1 saturated carbocycles.